The highest BCUT2D eigenvalue weighted by Crippen LogP contribution is 2.21. The van der Waals surface area contributed by atoms with Crippen LogP contribution in [-0.2, 0) is 0 Å². The van der Waals surface area contributed by atoms with Gasteiger partial charge in [-0.05, 0) is 12.1 Å². The molecule has 0 saturated carbocycles. The lowest BCUT2D eigenvalue weighted by atomic mass is 10.1. The van der Waals surface area contributed by atoms with Gasteiger partial charge in [0.05, 0.1) is 0 Å². The lowest BCUT2D eigenvalue weighted by Gasteiger charge is -2.00. The summed E-state index contributed by atoms with van der Waals surface area (Å²) in [6.07, 6.45) is 0. The van der Waals surface area contributed by atoms with Crippen LogP contribution in [0.5, 0.6) is 0 Å². The maximum atomic E-state index is 5.76. The molecule has 88 valence electrons. The van der Waals surface area contributed by atoms with Gasteiger partial charge in [-0.15, -0.1) is 0 Å². The summed E-state index contributed by atoms with van der Waals surface area (Å²) in [6, 6.07) is 19.6. The monoisotopic (exact) mass is 236 g/mol. The third-order valence-corrected chi connectivity index (χ3v) is 2.84. The second-order valence-corrected chi connectivity index (χ2v) is 3.99. The zero-order valence-electron chi connectivity index (χ0n) is 9.71. The maximum Gasteiger partial charge on any atom is 0.156 e. The summed E-state index contributed by atoms with van der Waals surface area (Å²) >= 11 is 0. The average molecular weight is 236 g/mol. The van der Waals surface area contributed by atoms with Crippen molar-refractivity contribution in [2.45, 2.75) is 0 Å². The zero-order chi connectivity index (χ0) is 12.4. The molecular formula is C15H12N2O. The number of rotatable bonds is 2. The molecule has 2 N–H and O–H groups in total. The van der Waals surface area contributed by atoms with Crippen molar-refractivity contribution in [3.05, 3.63) is 72.0 Å². The van der Waals surface area contributed by atoms with Crippen LogP contribution in [0.1, 0.15) is 11.3 Å². The summed E-state index contributed by atoms with van der Waals surface area (Å²) in [5.41, 5.74) is 2.44. The third kappa shape index (κ3) is 1.76. The van der Waals surface area contributed by atoms with Crippen LogP contribution in [0.15, 0.2) is 70.2 Å². The van der Waals surface area contributed by atoms with Crippen LogP contribution < -0.4 is 5.84 Å². The van der Waals surface area contributed by atoms with Crippen LogP contribution in [0.25, 0.3) is 11.0 Å². The number of nitrogens with two attached hydrogens (primary N) is 1. The number of nitrogens with zero attached hydrogens (tertiary/aromatic N) is 1. The summed E-state index contributed by atoms with van der Waals surface area (Å²) in [5, 5.41) is 4.89. The molecule has 2 aromatic carbocycles. The van der Waals surface area contributed by atoms with E-state index >= 15 is 0 Å². The molecule has 0 saturated heterocycles. The number of hydrogen-bond acceptors (Lipinski definition) is 3. The van der Waals surface area contributed by atoms with E-state index in [4.69, 9.17) is 10.3 Å². The van der Waals surface area contributed by atoms with Crippen LogP contribution in [0, 0.1) is 0 Å². The van der Waals surface area contributed by atoms with Gasteiger partial charge in [0.15, 0.2) is 5.76 Å². The molecular weight excluding hydrogens is 224 g/mol. The van der Waals surface area contributed by atoms with Crippen LogP contribution in [0.3, 0.4) is 0 Å². The van der Waals surface area contributed by atoms with E-state index in [1.54, 1.807) is 0 Å². The van der Waals surface area contributed by atoms with E-state index in [1.807, 2.05) is 60.7 Å². The highest BCUT2D eigenvalue weighted by atomic mass is 16.3. The largest absolute Gasteiger partial charge is 0.454 e. The first-order valence-electron chi connectivity index (χ1n) is 5.71. The molecule has 3 nitrogen and oxygen atoms in total. The molecule has 1 heterocycles. The van der Waals surface area contributed by atoms with E-state index in [-0.39, 0.29) is 0 Å². The van der Waals surface area contributed by atoms with Gasteiger partial charge in [0, 0.05) is 10.9 Å². The quantitative estimate of drug-likeness (QED) is 0.422. The minimum atomic E-state index is 0.659. The van der Waals surface area contributed by atoms with Gasteiger partial charge < -0.3 is 10.3 Å². The molecule has 1 aromatic heterocycles. The van der Waals surface area contributed by atoms with Crippen molar-refractivity contribution in [2.75, 3.05) is 0 Å². The van der Waals surface area contributed by atoms with Gasteiger partial charge in [-0.25, -0.2) is 0 Å². The van der Waals surface area contributed by atoms with E-state index < -0.39 is 0 Å². The Hall–Kier alpha value is -2.55. The predicted molar refractivity (Wildman–Crippen MR) is 72.5 cm³/mol. The Balaban J connectivity index is 2.13. The average Bonchev–Trinajstić information content (AvgIpc) is 2.84. The lowest BCUT2D eigenvalue weighted by molar-refractivity contribution is 0.605. The predicted octanol–water partition coefficient (Wildman–Crippen LogP) is 3.14. The van der Waals surface area contributed by atoms with Crippen molar-refractivity contribution in [3.63, 3.8) is 0 Å². The molecule has 0 amide bonds. The Morgan fingerprint density at radius 3 is 2.39 bits per heavy atom. The van der Waals surface area contributed by atoms with Crippen molar-refractivity contribution < 1.29 is 4.42 Å². The van der Waals surface area contributed by atoms with E-state index in [1.165, 1.54) is 0 Å². The second kappa shape index (κ2) is 4.37. The zero-order valence-corrected chi connectivity index (χ0v) is 9.71. The van der Waals surface area contributed by atoms with E-state index in [0.717, 1.165) is 16.5 Å². The van der Waals surface area contributed by atoms with Crippen molar-refractivity contribution >= 4 is 16.7 Å². The molecule has 18 heavy (non-hydrogen) atoms. The summed E-state index contributed by atoms with van der Waals surface area (Å²) in [4.78, 5) is 0. The number of benzene rings is 2. The van der Waals surface area contributed by atoms with E-state index in [2.05, 4.69) is 5.10 Å². The molecule has 0 radical (unpaired) electrons. The fraction of sp³-hybridized carbons (Fsp3) is 0. The number of fused-ring (bicyclic) bond motifs is 1. The molecule has 0 aliphatic heterocycles. The number of hydrazone groups is 1. The Morgan fingerprint density at radius 2 is 1.67 bits per heavy atom. The van der Waals surface area contributed by atoms with Crippen LogP contribution >= 0.6 is 0 Å². The lowest BCUT2D eigenvalue weighted by Crippen LogP contribution is -2.04. The Bertz CT molecular complexity index is 666. The van der Waals surface area contributed by atoms with Crippen molar-refractivity contribution in [1.82, 2.24) is 0 Å². The normalized spacial score (nSPS) is 11.9. The molecule has 0 unspecified atom stereocenters. The fourth-order valence-electron chi connectivity index (χ4n) is 1.98. The second-order valence-electron chi connectivity index (χ2n) is 3.99. The standard InChI is InChI=1S/C15H12N2O/c16-17-15(11-6-2-1-3-7-11)14-10-12-8-4-5-9-13(12)18-14/h1-10H,16H2/b17-15-. The molecule has 0 aliphatic carbocycles. The Labute approximate surface area is 105 Å². The van der Waals surface area contributed by atoms with Gasteiger partial charge in [0.25, 0.3) is 0 Å². The van der Waals surface area contributed by atoms with Gasteiger partial charge in [0.2, 0.25) is 0 Å². The summed E-state index contributed by atoms with van der Waals surface area (Å²) in [7, 11) is 0. The maximum absolute atomic E-state index is 5.76. The van der Waals surface area contributed by atoms with Crippen LogP contribution in [0.2, 0.25) is 0 Å². The van der Waals surface area contributed by atoms with Crippen LogP contribution in [0.4, 0.5) is 0 Å². The summed E-state index contributed by atoms with van der Waals surface area (Å²) in [5.74, 6) is 6.17. The Kier molecular flexibility index (Phi) is 2.57. The third-order valence-electron chi connectivity index (χ3n) is 2.84. The minimum Gasteiger partial charge on any atom is -0.454 e. The highest BCUT2D eigenvalue weighted by Gasteiger charge is 2.11. The van der Waals surface area contributed by atoms with Gasteiger partial charge in [-0.2, -0.15) is 5.10 Å². The molecule has 3 heteroatoms. The van der Waals surface area contributed by atoms with Gasteiger partial charge in [-0.1, -0.05) is 48.5 Å². The van der Waals surface area contributed by atoms with Gasteiger partial charge in [-0.3, -0.25) is 0 Å². The van der Waals surface area contributed by atoms with Gasteiger partial charge >= 0.3 is 0 Å². The fourth-order valence-corrected chi connectivity index (χ4v) is 1.98. The molecule has 0 atom stereocenters. The van der Waals surface area contributed by atoms with E-state index in [0.29, 0.717) is 11.5 Å². The first kappa shape index (κ1) is 10.6. The van der Waals surface area contributed by atoms with Crippen molar-refractivity contribution in [2.24, 2.45) is 10.9 Å². The first-order chi connectivity index (χ1) is 8.88. The topological polar surface area (TPSA) is 51.5 Å². The van der Waals surface area contributed by atoms with Gasteiger partial charge in [0.1, 0.15) is 11.3 Å². The Morgan fingerprint density at radius 1 is 0.944 bits per heavy atom. The van der Waals surface area contributed by atoms with Crippen LogP contribution in [-0.4, -0.2) is 5.71 Å². The van der Waals surface area contributed by atoms with Crippen molar-refractivity contribution in [3.8, 4) is 0 Å². The molecule has 0 aliphatic rings. The first-order valence-corrected chi connectivity index (χ1v) is 5.71. The molecule has 3 rings (SSSR count). The minimum absolute atomic E-state index is 0.659. The number of furan rings is 1. The smallest absolute Gasteiger partial charge is 0.156 e. The molecule has 0 spiro atoms. The highest BCUT2D eigenvalue weighted by molar-refractivity contribution is 6.12. The van der Waals surface area contributed by atoms with Crippen molar-refractivity contribution in [1.29, 1.82) is 0 Å². The molecule has 0 fully saturated rings. The SMILES string of the molecule is N/N=C(/c1ccccc1)c1cc2ccccc2o1. The summed E-state index contributed by atoms with van der Waals surface area (Å²) in [6.45, 7) is 0. The number of hydrogen-bond donors (Lipinski definition) is 1. The molecule has 3 aromatic rings. The van der Waals surface area contributed by atoms with E-state index in [9.17, 15) is 0 Å². The summed E-state index contributed by atoms with van der Waals surface area (Å²) < 4.78 is 5.76. The molecule has 0 bridgehead atoms. The number of para-hydroxylation sites is 1.